The fourth-order valence-corrected chi connectivity index (χ4v) is 4.52. The number of hydrogen-bond donors (Lipinski definition) is 1. The van der Waals surface area contributed by atoms with Crippen LogP contribution in [-0.4, -0.2) is 58.8 Å². The summed E-state index contributed by atoms with van der Waals surface area (Å²) < 4.78 is 5.95. The van der Waals surface area contributed by atoms with Gasteiger partial charge in [-0.2, -0.15) is 0 Å². The predicted octanol–water partition coefficient (Wildman–Crippen LogP) is 2.38. The van der Waals surface area contributed by atoms with E-state index in [0.29, 0.717) is 13.0 Å². The lowest BCUT2D eigenvalue weighted by Crippen LogP contribution is -2.48. The van der Waals surface area contributed by atoms with Gasteiger partial charge < -0.3 is 19.5 Å². The fraction of sp³-hybridized carbons (Fsp3) is 0.556. The molecule has 1 saturated heterocycles. The van der Waals surface area contributed by atoms with Gasteiger partial charge >= 0.3 is 0 Å². The Bertz CT molecular complexity index is 757. The molecule has 0 spiro atoms. The van der Waals surface area contributed by atoms with E-state index in [9.17, 15) is 9.59 Å². The molecule has 2 aromatic rings. The van der Waals surface area contributed by atoms with Crippen LogP contribution in [0, 0.1) is 0 Å². The highest BCUT2D eigenvalue weighted by atomic mass is 32.2. The number of anilines is 1. The maximum Gasteiger partial charge on any atom is 0.230 e. The monoisotopic (exact) mass is 423 g/mol. The molecule has 8 nitrogen and oxygen atoms in total. The summed E-state index contributed by atoms with van der Waals surface area (Å²) in [6.45, 7) is 5.45. The van der Waals surface area contributed by atoms with E-state index in [-0.39, 0.29) is 17.6 Å². The van der Waals surface area contributed by atoms with Gasteiger partial charge in [0, 0.05) is 32.6 Å². The van der Waals surface area contributed by atoms with Crippen molar-refractivity contribution >= 4 is 40.0 Å². The van der Waals surface area contributed by atoms with E-state index >= 15 is 0 Å². The molecule has 0 atom stereocenters. The smallest absolute Gasteiger partial charge is 0.230 e. The highest BCUT2D eigenvalue weighted by Gasteiger charge is 2.23. The Kier molecular flexibility index (Phi) is 7.72. The van der Waals surface area contributed by atoms with E-state index in [4.69, 9.17) is 4.42 Å². The van der Waals surface area contributed by atoms with E-state index in [1.54, 1.807) is 12.3 Å². The SMILES string of the molecule is CCCCC(=O)N1CCN(c2nnc(SCC(=O)NCc3ccco3)s2)CC1. The summed E-state index contributed by atoms with van der Waals surface area (Å²) >= 11 is 2.86. The number of piperazine rings is 1. The number of rotatable bonds is 9. The Balaban J connectivity index is 1.39. The minimum Gasteiger partial charge on any atom is -0.467 e. The molecule has 2 amide bonds. The summed E-state index contributed by atoms with van der Waals surface area (Å²) in [7, 11) is 0. The lowest BCUT2D eigenvalue weighted by Gasteiger charge is -2.34. The second-order valence-electron chi connectivity index (χ2n) is 6.47. The van der Waals surface area contributed by atoms with E-state index in [0.717, 1.165) is 54.3 Å². The van der Waals surface area contributed by atoms with Crippen LogP contribution in [0.3, 0.4) is 0 Å². The van der Waals surface area contributed by atoms with E-state index in [2.05, 4.69) is 27.3 Å². The topological polar surface area (TPSA) is 91.6 Å². The molecule has 0 bridgehead atoms. The average molecular weight is 424 g/mol. The van der Waals surface area contributed by atoms with Crippen molar-refractivity contribution in [2.45, 2.75) is 37.1 Å². The first-order valence-corrected chi connectivity index (χ1v) is 11.2. The van der Waals surface area contributed by atoms with Gasteiger partial charge in [0.1, 0.15) is 5.76 Å². The number of unbranched alkanes of at least 4 members (excludes halogenated alkanes) is 1. The van der Waals surface area contributed by atoms with Crippen molar-refractivity contribution < 1.29 is 14.0 Å². The van der Waals surface area contributed by atoms with Crippen molar-refractivity contribution in [2.75, 3.05) is 36.8 Å². The number of amides is 2. The Labute approximate surface area is 172 Å². The number of hydrogen-bond acceptors (Lipinski definition) is 8. The molecule has 1 fully saturated rings. The largest absolute Gasteiger partial charge is 0.467 e. The first-order chi connectivity index (χ1) is 13.7. The highest BCUT2D eigenvalue weighted by Crippen LogP contribution is 2.28. The van der Waals surface area contributed by atoms with Crippen molar-refractivity contribution in [1.29, 1.82) is 0 Å². The van der Waals surface area contributed by atoms with Gasteiger partial charge in [0.2, 0.25) is 16.9 Å². The number of carbonyl (C=O) groups is 2. The molecular formula is C18H25N5O3S2. The van der Waals surface area contributed by atoms with E-state index in [1.807, 2.05) is 11.0 Å². The van der Waals surface area contributed by atoms with Crippen molar-refractivity contribution in [3.63, 3.8) is 0 Å². The van der Waals surface area contributed by atoms with Crippen LogP contribution in [0.25, 0.3) is 0 Å². The Morgan fingerprint density at radius 3 is 2.82 bits per heavy atom. The van der Waals surface area contributed by atoms with Gasteiger partial charge in [-0.1, -0.05) is 36.4 Å². The molecule has 152 valence electrons. The lowest BCUT2D eigenvalue weighted by molar-refractivity contribution is -0.131. The molecule has 1 N–H and O–H groups in total. The van der Waals surface area contributed by atoms with Crippen LogP contribution in [0.1, 0.15) is 31.9 Å². The van der Waals surface area contributed by atoms with Crippen LogP contribution in [0.15, 0.2) is 27.2 Å². The van der Waals surface area contributed by atoms with Crippen LogP contribution in [0.2, 0.25) is 0 Å². The number of nitrogens with one attached hydrogen (secondary N) is 1. The minimum atomic E-state index is -0.0719. The molecule has 3 heterocycles. The molecule has 1 aliphatic heterocycles. The predicted molar refractivity (Wildman–Crippen MR) is 110 cm³/mol. The number of furan rings is 1. The van der Waals surface area contributed by atoms with Crippen molar-refractivity contribution in [3.05, 3.63) is 24.2 Å². The van der Waals surface area contributed by atoms with Crippen LogP contribution >= 0.6 is 23.1 Å². The van der Waals surface area contributed by atoms with Gasteiger partial charge in [-0.05, 0) is 18.6 Å². The van der Waals surface area contributed by atoms with Crippen LogP contribution in [0.4, 0.5) is 5.13 Å². The summed E-state index contributed by atoms with van der Waals surface area (Å²) in [6.07, 6.45) is 4.21. The lowest BCUT2D eigenvalue weighted by atomic mass is 10.2. The molecule has 0 aliphatic carbocycles. The minimum absolute atomic E-state index is 0.0719. The number of aromatic nitrogens is 2. The third-order valence-corrected chi connectivity index (χ3v) is 6.53. The van der Waals surface area contributed by atoms with Crippen LogP contribution < -0.4 is 10.2 Å². The fourth-order valence-electron chi connectivity index (χ4n) is 2.80. The molecule has 28 heavy (non-hydrogen) atoms. The van der Waals surface area contributed by atoms with Gasteiger partial charge in [-0.15, -0.1) is 10.2 Å². The highest BCUT2D eigenvalue weighted by molar-refractivity contribution is 8.01. The van der Waals surface area contributed by atoms with Gasteiger partial charge in [0.05, 0.1) is 18.6 Å². The molecule has 3 rings (SSSR count). The van der Waals surface area contributed by atoms with E-state index < -0.39 is 0 Å². The first-order valence-electron chi connectivity index (χ1n) is 9.44. The molecular weight excluding hydrogens is 398 g/mol. The summed E-state index contributed by atoms with van der Waals surface area (Å²) in [5, 5.41) is 12.1. The van der Waals surface area contributed by atoms with Crippen LogP contribution in [0.5, 0.6) is 0 Å². The third-order valence-electron chi connectivity index (χ3n) is 4.41. The molecule has 1 aliphatic rings. The molecule has 10 heteroatoms. The molecule has 0 aromatic carbocycles. The molecule has 2 aromatic heterocycles. The van der Waals surface area contributed by atoms with Crippen LogP contribution in [-0.2, 0) is 16.1 Å². The maximum absolute atomic E-state index is 12.1. The Morgan fingerprint density at radius 2 is 2.11 bits per heavy atom. The van der Waals surface area contributed by atoms with Gasteiger partial charge in [0.15, 0.2) is 4.34 Å². The first kappa shape index (κ1) is 20.7. The van der Waals surface area contributed by atoms with Gasteiger partial charge in [0.25, 0.3) is 0 Å². The summed E-state index contributed by atoms with van der Waals surface area (Å²) in [5.41, 5.74) is 0. The summed E-state index contributed by atoms with van der Waals surface area (Å²) in [6, 6.07) is 3.61. The van der Waals surface area contributed by atoms with Crippen molar-refractivity contribution in [2.24, 2.45) is 0 Å². The molecule has 0 unspecified atom stereocenters. The third kappa shape index (κ3) is 5.96. The van der Waals surface area contributed by atoms with Gasteiger partial charge in [-0.25, -0.2) is 0 Å². The Hall–Kier alpha value is -2.07. The average Bonchev–Trinajstić information content (AvgIpc) is 3.41. The zero-order valence-corrected chi connectivity index (χ0v) is 17.6. The zero-order chi connectivity index (χ0) is 19.8. The molecule has 0 saturated carbocycles. The van der Waals surface area contributed by atoms with Gasteiger partial charge in [-0.3, -0.25) is 9.59 Å². The molecule has 0 radical (unpaired) electrons. The summed E-state index contributed by atoms with van der Waals surface area (Å²) in [5.74, 6) is 1.19. The zero-order valence-electron chi connectivity index (χ0n) is 15.9. The normalized spacial score (nSPS) is 14.3. The number of carbonyl (C=O) groups excluding carboxylic acids is 2. The van der Waals surface area contributed by atoms with Crippen molar-refractivity contribution in [3.8, 4) is 0 Å². The van der Waals surface area contributed by atoms with E-state index in [1.165, 1.54) is 23.1 Å². The summed E-state index contributed by atoms with van der Waals surface area (Å²) in [4.78, 5) is 28.1. The number of nitrogens with zero attached hydrogens (tertiary/aromatic N) is 4. The quantitative estimate of drug-likeness (QED) is 0.619. The Morgan fingerprint density at radius 1 is 1.29 bits per heavy atom. The second kappa shape index (κ2) is 10.5. The maximum atomic E-state index is 12.1. The second-order valence-corrected chi connectivity index (χ2v) is 8.65. The number of thioether (sulfide) groups is 1. The standard InChI is InChI=1S/C18H25N5O3S2/c1-2-3-6-16(25)22-7-9-23(10-8-22)17-20-21-18(28-17)27-13-15(24)19-12-14-5-4-11-26-14/h4-5,11H,2-3,6-10,12-13H2,1H3,(H,19,24). The van der Waals surface area contributed by atoms with Crippen molar-refractivity contribution in [1.82, 2.24) is 20.4 Å².